The zero-order valence-corrected chi connectivity index (χ0v) is 14.8. The summed E-state index contributed by atoms with van der Waals surface area (Å²) in [7, 11) is 0. The van der Waals surface area contributed by atoms with Crippen LogP contribution in [0.3, 0.4) is 0 Å². The van der Waals surface area contributed by atoms with Crippen LogP contribution in [-0.4, -0.2) is 16.9 Å². The number of amides is 1. The molecule has 3 rings (SSSR count). The van der Waals surface area contributed by atoms with Crippen LogP contribution in [0.15, 0.2) is 48.7 Å². The summed E-state index contributed by atoms with van der Waals surface area (Å²) in [6.07, 6.45) is 7.90. The molecule has 25 heavy (non-hydrogen) atoms. The first-order chi connectivity index (χ1) is 12.2. The molecule has 4 nitrogen and oxygen atoms in total. The fraction of sp³-hybridized carbons (Fsp3) is 0.429. The molecule has 0 bridgehead atoms. The van der Waals surface area contributed by atoms with Gasteiger partial charge >= 0.3 is 0 Å². The average Bonchev–Trinajstić information content (AvgIpc) is 2.68. The first kappa shape index (κ1) is 17.5. The Kier molecular flexibility index (Phi) is 6.04. The Labute approximate surface area is 149 Å². The predicted octanol–water partition coefficient (Wildman–Crippen LogP) is 4.36. The monoisotopic (exact) mass is 338 g/mol. The number of rotatable bonds is 6. The molecule has 1 aliphatic carbocycles. The largest absolute Gasteiger partial charge is 0.473 e. The van der Waals surface area contributed by atoms with E-state index in [0.717, 1.165) is 5.56 Å². The van der Waals surface area contributed by atoms with Crippen LogP contribution in [0.2, 0.25) is 0 Å². The van der Waals surface area contributed by atoms with Gasteiger partial charge in [-0.05, 0) is 37.3 Å². The van der Waals surface area contributed by atoms with Crippen LogP contribution in [0.1, 0.15) is 54.9 Å². The van der Waals surface area contributed by atoms with E-state index >= 15 is 0 Å². The van der Waals surface area contributed by atoms with E-state index in [1.807, 2.05) is 30.3 Å². The lowest BCUT2D eigenvalue weighted by molar-refractivity contribution is 0.0919. The third kappa shape index (κ3) is 5.05. The summed E-state index contributed by atoms with van der Waals surface area (Å²) < 4.78 is 5.66. The molecule has 1 saturated carbocycles. The van der Waals surface area contributed by atoms with E-state index in [0.29, 0.717) is 24.0 Å². The van der Waals surface area contributed by atoms with Gasteiger partial charge < -0.3 is 10.1 Å². The van der Waals surface area contributed by atoms with Crippen molar-refractivity contribution in [3.63, 3.8) is 0 Å². The van der Waals surface area contributed by atoms with Crippen molar-refractivity contribution < 1.29 is 9.53 Å². The lowest BCUT2D eigenvalue weighted by atomic mass is 9.84. The van der Waals surface area contributed by atoms with Crippen LogP contribution < -0.4 is 10.1 Å². The highest BCUT2D eigenvalue weighted by Crippen LogP contribution is 2.26. The highest BCUT2D eigenvalue weighted by Gasteiger charge is 2.21. The number of benzene rings is 1. The van der Waals surface area contributed by atoms with Gasteiger partial charge in [0.2, 0.25) is 5.88 Å². The summed E-state index contributed by atoms with van der Waals surface area (Å²) in [5, 5.41) is 3.12. The van der Waals surface area contributed by atoms with Crippen LogP contribution >= 0.6 is 0 Å². The van der Waals surface area contributed by atoms with Crippen LogP contribution in [0.5, 0.6) is 5.88 Å². The van der Waals surface area contributed by atoms with E-state index < -0.39 is 0 Å². The molecule has 0 radical (unpaired) electrons. The van der Waals surface area contributed by atoms with Crippen molar-refractivity contribution in [2.75, 3.05) is 0 Å². The predicted molar refractivity (Wildman–Crippen MR) is 98.5 cm³/mol. The summed E-state index contributed by atoms with van der Waals surface area (Å²) >= 11 is 0. The summed E-state index contributed by atoms with van der Waals surface area (Å²) in [4.78, 5) is 16.6. The maximum absolute atomic E-state index is 12.4. The quantitative estimate of drug-likeness (QED) is 0.851. The molecule has 0 aliphatic heterocycles. The van der Waals surface area contributed by atoms with E-state index in [1.54, 1.807) is 18.3 Å². The van der Waals surface area contributed by atoms with Crippen molar-refractivity contribution in [3.8, 4) is 5.88 Å². The Morgan fingerprint density at radius 1 is 1.16 bits per heavy atom. The van der Waals surface area contributed by atoms with Gasteiger partial charge in [-0.3, -0.25) is 4.79 Å². The Morgan fingerprint density at radius 3 is 2.60 bits per heavy atom. The number of pyridine rings is 1. The summed E-state index contributed by atoms with van der Waals surface area (Å²) in [6.45, 7) is 2.58. The number of hydrogen-bond acceptors (Lipinski definition) is 3. The van der Waals surface area contributed by atoms with Gasteiger partial charge in [0.1, 0.15) is 6.61 Å². The van der Waals surface area contributed by atoms with Gasteiger partial charge in [0.25, 0.3) is 5.91 Å². The molecule has 0 unspecified atom stereocenters. The van der Waals surface area contributed by atoms with Crippen LogP contribution in [-0.2, 0) is 6.61 Å². The number of hydrogen-bond donors (Lipinski definition) is 1. The second-order valence-corrected chi connectivity index (χ2v) is 6.82. The van der Waals surface area contributed by atoms with Crippen LogP contribution in [0.4, 0.5) is 0 Å². The maximum Gasteiger partial charge on any atom is 0.253 e. The highest BCUT2D eigenvalue weighted by atomic mass is 16.5. The molecular formula is C21H26N2O2. The van der Waals surface area contributed by atoms with Gasteiger partial charge in [-0.15, -0.1) is 0 Å². The van der Waals surface area contributed by atoms with Crippen molar-refractivity contribution >= 4 is 5.91 Å². The molecule has 1 aromatic carbocycles. The molecule has 2 aromatic rings. The van der Waals surface area contributed by atoms with Gasteiger partial charge in [0, 0.05) is 18.3 Å². The molecule has 132 valence electrons. The van der Waals surface area contributed by atoms with E-state index in [4.69, 9.17) is 4.74 Å². The lowest BCUT2D eigenvalue weighted by Gasteiger charge is -2.28. The average molecular weight is 338 g/mol. The molecule has 1 fully saturated rings. The molecule has 0 saturated heterocycles. The SMILES string of the molecule is C[C@H](NC(=O)c1ccc(OCc2ccccc2)nc1)C1CCCCC1. The number of ether oxygens (including phenoxy) is 1. The minimum Gasteiger partial charge on any atom is -0.473 e. The third-order valence-electron chi connectivity index (χ3n) is 4.94. The number of carbonyl (C=O) groups is 1. The van der Waals surface area contributed by atoms with Crippen molar-refractivity contribution in [3.05, 3.63) is 59.8 Å². The zero-order chi connectivity index (χ0) is 17.5. The normalized spacial score (nSPS) is 16.2. The fourth-order valence-corrected chi connectivity index (χ4v) is 3.37. The van der Waals surface area contributed by atoms with Crippen LogP contribution in [0.25, 0.3) is 0 Å². The van der Waals surface area contributed by atoms with E-state index in [1.165, 1.54) is 32.1 Å². The van der Waals surface area contributed by atoms with Crippen molar-refractivity contribution in [2.45, 2.75) is 51.7 Å². The fourth-order valence-electron chi connectivity index (χ4n) is 3.37. The summed E-state index contributed by atoms with van der Waals surface area (Å²) in [5.41, 5.74) is 1.67. The first-order valence-corrected chi connectivity index (χ1v) is 9.16. The standard InChI is InChI=1S/C21H26N2O2/c1-16(18-10-6-3-7-11-18)23-21(24)19-12-13-20(22-14-19)25-15-17-8-4-2-5-9-17/h2,4-5,8-9,12-14,16,18H,3,6-7,10-11,15H2,1H3,(H,23,24)/t16-/m0/s1. The topological polar surface area (TPSA) is 51.2 Å². The maximum atomic E-state index is 12.4. The van der Waals surface area contributed by atoms with Gasteiger partial charge in [-0.25, -0.2) is 4.98 Å². The lowest BCUT2D eigenvalue weighted by Crippen LogP contribution is -2.38. The smallest absolute Gasteiger partial charge is 0.253 e. The molecule has 1 aliphatic rings. The summed E-state index contributed by atoms with van der Waals surface area (Å²) in [6, 6.07) is 13.7. The molecule has 1 aromatic heterocycles. The molecule has 4 heteroatoms. The van der Waals surface area contributed by atoms with Crippen molar-refractivity contribution in [2.24, 2.45) is 5.92 Å². The van der Waals surface area contributed by atoms with Crippen molar-refractivity contribution in [1.29, 1.82) is 0 Å². The molecule has 1 N–H and O–H groups in total. The highest BCUT2D eigenvalue weighted by molar-refractivity contribution is 5.94. The molecule has 1 amide bonds. The number of nitrogens with zero attached hydrogens (tertiary/aromatic N) is 1. The van der Waals surface area contributed by atoms with E-state index in [-0.39, 0.29) is 11.9 Å². The first-order valence-electron chi connectivity index (χ1n) is 9.16. The van der Waals surface area contributed by atoms with E-state index in [9.17, 15) is 4.79 Å². The number of aromatic nitrogens is 1. The molecule has 1 atom stereocenters. The number of nitrogens with one attached hydrogen (secondary N) is 1. The number of carbonyl (C=O) groups excluding carboxylic acids is 1. The van der Waals surface area contributed by atoms with Gasteiger partial charge in [0.05, 0.1) is 5.56 Å². The van der Waals surface area contributed by atoms with E-state index in [2.05, 4.69) is 17.2 Å². The molecule has 1 heterocycles. The minimum atomic E-state index is -0.0554. The molecule has 0 spiro atoms. The second kappa shape index (κ2) is 8.65. The Morgan fingerprint density at radius 2 is 1.92 bits per heavy atom. The summed E-state index contributed by atoms with van der Waals surface area (Å²) in [5.74, 6) is 1.07. The Hall–Kier alpha value is -2.36. The molecular weight excluding hydrogens is 312 g/mol. The minimum absolute atomic E-state index is 0.0554. The Balaban J connectivity index is 1.51. The van der Waals surface area contributed by atoms with Crippen LogP contribution in [0, 0.1) is 5.92 Å². The zero-order valence-electron chi connectivity index (χ0n) is 14.8. The second-order valence-electron chi connectivity index (χ2n) is 6.82. The van der Waals surface area contributed by atoms with Crippen molar-refractivity contribution in [1.82, 2.24) is 10.3 Å². The van der Waals surface area contributed by atoms with Gasteiger partial charge in [0.15, 0.2) is 0 Å². The van der Waals surface area contributed by atoms with Gasteiger partial charge in [-0.2, -0.15) is 0 Å². The van der Waals surface area contributed by atoms with Gasteiger partial charge in [-0.1, -0.05) is 49.6 Å². The third-order valence-corrected chi connectivity index (χ3v) is 4.94. The Bertz CT molecular complexity index is 664.